The highest BCUT2D eigenvalue weighted by molar-refractivity contribution is 5.79. The third-order valence-electron chi connectivity index (χ3n) is 3.03. The van der Waals surface area contributed by atoms with Crippen LogP contribution in [0.25, 0.3) is 0 Å². The molecule has 1 aliphatic rings. The van der Waals surface area contributed by atoms with E-state index in [1.165, 1.54) is 0 Å². The van der Waals surface area contributed by atoms with Crippen molar-refractivity contribution >= 4 is 5.91 Å². The first-order valence-corrected chi connectivity index (χ1v) is 6.48. The molecule has 1 fully saturated rings. The number of piperazine rings is 1. The van der Waals surface area contributed by atoms with Crippen molar-refractivity contribution in [1.82, 2.24) is 15.1 Å². The first-order valence-electron chi connectivity index (χ1n) is 6.48. The van der Waals surface area contributed by atoms with Crippen LogP contribution in [0.5, 0.6) is 0 Å². The number of nitrogens with one attached hydrogen (secondary N) is 1. The molecule has 0 atom stereocenters. The largest absolute Gasteiger partial charge is 0.340 e. The average molecular weight is 227 g/mol. The van der Waals surface area contributed by atoms with Crippen LogP contribution in [-0.2, 0) is 4.79 Å². The van der Waals surface area contributed by atoms with Crippen LogP contribution >= 0.6 is 0 Å². The van der Waals surface area contributed by atoms with Crippen molar-refractivity contribution in [3.05, 3.63) is 0 Å². The van der Waals surface area contributed by atoms with E-state index in [0.717, 1.165) is 52.1 Å². The summed E-state index contributed by atoms with van der Waals surface area (Å²) in [5.74, 6) is 0.302. The molecule has 0 aliphatic carbocycles. The predicted molar refractivity (Wildman–Crippen MR) is 66.5 cm³/mol. The van der Waals surface area contributed by atoms with E-state index in [2.05, 4.69) is 24.1 Å². The van der Waals surface area contributed by atoms with Gasteiger partial charge in [0.1, 0.15) is 0 Å². The SMILES string of the molecule is CCCCN1CCN(CCNCC)CC1=O. The number of carbonyl (C=O) groups is 1. The van der Waals surface area contributed by atoms with Gasteiger partial charge in [0.15, 0.2) is 0 Å². The van der Waals surface area contributed by atoms with Gasteiger partial charge in [-0.05, 0) is 13.0 Å². The maximum Gasteiger partial charge on any atom is 0.236 e. The van der Waals surface area contributed by atoms with Crippen molar-refractivity contribution in [1.29, 1.82) is 0 Å². The van der Waals surface area contributed by atoms with Crippen LogP contribution in [0.4, 0.5) is 0 Å². The molecule has 1 saturated heterocycles. The van der Waals surface area contributed by atoms with E-state index in [4.69, 9.17) is 0 Å². The molecule has 1 amide bonds. The van der Waals surface area contributed by atoms with Crippen LogP contribution in [0.2, 0.25) is 0 Å². The van der Waals surface area contributed by atoms with Gasteiger partial charge in [0.25, 0.3) is 0 Å². The highest BCUT2D eigenvalue weighted by atomic mass is 16.2. The van der Waals surface area contributed by atoms with Crippen molar-refractivity contribution in [2.24, 2.45) is 0 Å². The van der Waals surface area contributed by atoms with Crippen molar-refractivity contribution < 1.29 is 4.79 Å². The van der Waals surface area contributed by atoms with E-state index >= 15 is 0 Å². The summed E-state index contributed by atoms with van der Waals surface area (Å²) >= 11 is 0. The van der Waals surface area contributed by atoms with Crippen molar-refractivity contribution in [2.45, 2.75) is 26.7 Å². The van der Waals surface area contributed by atoms with E-state index in [1.54, 1.807) is 0 Å². The molecule has 0 unspecified atom stereocenters. The van der Waals surface area contributed by atoms with E-state index in [0.29, 0.717) is 12.5 Å². The van der Waals surface area contributed by atoms with E-state index in [9.17, 15) is 4.79 Å². The number of amides is 1. The molecular formula is C12H25N3O. The topological polar surface area (TPSA) is 35.6 Å². The molecule has 0 aromatic carbocycles. The second kappa shape index (κ2) is 7.63. The number of hydrogen-bond donors (Lipinski definition) is 1. The lowest BCUT2D eigenvalue weighted by atomic mass is 10.2. The molecule has 0 bridgehead atoms. The fraction of sp³-hybridized carbons (Fsp3) is 0.917. The summed E-state index contributed by atoms with van der Waals surface area (Å²) in [5.41, 5.74) is 0. The highest BCUT2D eigenvalue weighted by Crippen LogP contribution is 2.04. The molecule has 16 heavy (non-hydrogen) atoms. The van der Waals surface area contributed by atoms with Gasteiger partial charge in [-0.3, -0.25) is 9.69 Å². The second-order valence-corrected chi connectivity index (χ2v) is 4.36. The van der Waals surface area contributed by atoms with E-state index in [-0.39, 0.29) is 0 Å². The minimum atomic E-state index is 0.302. The van der Waals surface area contributed by atoms with Gasteiger partial charge in [0.05, 0.1) is 6.54 Å². The predicted octanol–water partition coefficient (Wildman–Crippen LogP) is 0.540. The maximum absolute atomic E-state index is 11.8. The molecule has 94 valence electrons. The van der Waals surface area contributed by atoms with E-state index in [1.807, 2.05) is 4.90 Å². The Morgan fingerprint density at radius 2 is 2.06 bits per heavy atom. The van der Waals surface area contributed by atoms with Crippen LogP contribution in [0.3, 0.4) is 0 Å². The van der Waals surface area contributed by atoms with Crippen LogP contribution < -0.4 is 5.32 Å². The number of unbranched alkanes of at least 4 members (excludes halogenated alkanes) is 1. The summed E-state index contributed by atoms with van der Waals surface area (Å²) in [5, 5.41) is 3.29. The number of rotatable bonds is 7. The molecule has 0 radical (unpaired) electrons. The Morgan fingerprint density at radius 3 is 2.69 bits per heavy atom. The second-order valence-electron chi connectivity index (χ2n) is 4.36. The number of carbonyl (C=O) groups excluding carboxylic acids is 1. The Morgan fingerprint density at radius 1 is 1.25 bits per heavy atom. The Balaban J connectivity index is 2.20. The molecule has 0 aromatic rings. The normalized spacial score (nSPS) is 18.1. The van der Waals surface area contributed by atoms with Crippen molar-refractivity contribution in [3.8, 4) is 0 Å². The summed E-state index contributed by atoms with van der Waals surface area (Å²) in [6, 6.07) is 0. The Kier molecular flexibility index (Phi) is 6.42. The quantitative estimate of drug-likeness (QED) is 0.645. The average Bonchev–Trinajstić information content (AvgIpc) is 2.28. The van der Waals surface area contributed by atoms with Crippen molar-refractivity contribution in [2.75, 3.05) is 45.8 Å². The van der Waals surface area contributed by atoms with Gasteiger partial charge in [-0.15, -0.1) is 0 Å². The minimum Gasteiger partial charge on any atom is -0.340 e. The zero-order chi connectivity index (χ0) is 11.8. The van der Waals surface area contributed by atoms with Crippen LogP contribution in [0.1, 0.15) is 26.7 Å². The van der Waals surface area contributed by atoms with Gasteiger partial charge < -0.3 is 10.2 Å². The van der Waals surface area contributed by atoms with Gasteiger partial charge in [-0.2, -0.15) is 0 Å². The third-order valence-corrected chi connectivity index (χ3v) is 3.03. The van der Waals surface area contributed by atoms with Crippen LogP contribution in [-0.4, -0.2) is 61.5 Å². The van der Waals surface area contributed by atoms with Gasteiger partial charge in [-0.1, -0.05) is 20.3 Å². The minimum absolute atomic E-state index is 0.302. The molecule has 1 aliphatic heterocycles. The zero-order valence-corrected chi connectivity index (χ0v) is 10.7. The molecule has 0 saturated carbocycles. The van der Waals surface area contributed by atoms with Gasteiger partial charge in [-0.25, -0.2) is 0 Å². The molecule has 4 heteroatoms. The van der Waals surface area contributed by atoms with Crippen LogP contribution in [0, 0.1) is 0 Å². The Hall–Kier alpha value is -0.610. The first-order chi connectivity index (χ1) is 7.77. The molecule has 1 N–H and O–H groups in total. The monoisotopic (exact) mass is 227 g/mol. The van der Waals surface area contributed by atoms with Crippen molar-refractivity contribution in [3.63, 3.8) is 0 Å². The maximum atomic E-state index is 11.8. The molecule has 1 rings (SSSR count). The van der Waals surface area contributed by atoms with E-state index < -0.39 is 0 Å². The van der Waals surface area contributed by atoms with Gasteiger partial charge in [0, 0.05) is 32.7 Å². The number of nitrogens with zero attached hydrogens (tertiary/aromatic N) is 2. The summed E-state index contributed by atoms with van der Waals surface area (Å²) in [6.07, 6.45) is 2.29. The Labute approximate surface area is 99.0 Å². The standard InChI is InChI=1S/C12H25N3O/c1-3-5-7-15-10-9-14(11-12(15)16)8-6-13-4-2/h13H,3-11H2,1-2H3. The summed E-state index contributed by atoms with van der Waals surface area (Å²) in [4.78, 5) is 16.1. The third kappa shape index (κ3) is 4.49. The first kappa shape index (κ1) is 13.5. The number of hydrogen-bond acceptors (Lipinski definition) is 3. The molecule has 0 aromatic heterocycles. The zero-order valence-electron chi connectivity index (χ0n) is 10.7. The fourth-order valence-corrected chi connectivity index (χ4v) is 1.95. The van der Waals surface area contributed by atoms with Gasteiger partial charge in [0.2, 0.25) is 5.91 Å². The Bertz CT molecular complexity index is 208. The lowest BCUT2D eigenvalue weighted by Gasteiger charge is -2.34. The highest BCUT2D eigenvalue weighted by Gasteiger charge is 2.22. The summed E-state index contributed by atoms with van der Waals surface area (Å²) in [7, 11) is 0. The lowest BCUT2D eigenvalue weighted by Crippen LogP contribution is -2.51. The molecule has 1 heterocycles. The smallest absolute Gasteiger partial charge is 0.236 e. The lowest BCUT2D eigenvalue weighted by molar-refractivity contribution is -0.136. The molecule has 4 nitrogen and oxygen atoms in total. The van der Waals surface area contributed by atoms with Gasteiger partial charge >= 0.3 is 0 Å². The molecule has 0 spiro atoms. The number of likely N-dealkylation sites (N-methyl/N-ethyl adjacent to an activating group) is 1. The summed E-state index contributed by atoms with van der Waals surface area (Å²) in [6.45, 7) is 10.7. The summed E-state index contributed by atoms with van der Waals surface area (Å²) < 4.78 is 0. The van der Waals surface area contributed by atoms with Crippen LogP contribution in [0.15, 0.2) is 0 Å². The fourth-order valence-electron chi connectivity index (χ4n) is 1.95. The molecular weight excluding hydrogens is 202 g/mol.